The van der Waals surface area contributed by atoms with E-state index in [-0.39, 0.29) is 0 Å². The molecule has 0 aromatic heterocycles. The van der Waals surface area contributed by atoms with E-state index in [1.54, 1.807) is 0 Å². The molecule has 1 heterocycles. The van der Waals surface area contributed by atoms with Crippen LogP contribution in [0.1, 0.15) is 25.8 Å². The lowest BCUT2D eigenvalue weighted by atomic mass is 9.93. The van der Waals surface area contributed by atoms with E-state index in [2.05, 4.69) is 37.8 Å². The maximum Gasteiger partial charge on any atom is 0.0416 e. The average Bonchev–Trinajstić information content (AvgIpc) is 2.50. The summed E-state index contributed by atoms with van der Waals surface area (Å²) in [5.74, 6) is 0. The number of hydrogen-bond donors (Lipinski definition) is 1. The average molecular weight is 204 g/mol. The van der Waals surface area contributed by atoms with Crippen LogP contribution < -0.4 is 10.6 Å². The number of nitrogen functional groups attached to an aromatic ring is 1. The van der Waals surface area contributed by atoms with Gasteiger partial charge in [0, 0.05) is 24.5 Å². The normalized spacial score (nSPS) is 19.5. The summed E-state index contributed by atoms with van der Waals surface area (Å²) in [4.78, 5) is 2.45. The van der Waals surface area contributed by atoms with Gasteiger partial charge in [-0.2, -0.15) is 0 Å². The molecule has 0 radical (unpaired) electrons. The Kier molecular flexibility index (Phi) is 2.37. The van der Waals surface area contributed by atoms with E-state index in [1.807, 2.05) is 6.07 Å². The van der Waals surface area contributed by atoms with Gasteiger partial charge in [-0.15, -0.1) is 0 Å². The summed E-state index contributed by atoms with van der Waals surface area (Å²) in [6.07, 6.45) is 1.27. The van der Waals surface area contributed by atoms with Gasteiger partial charge in [-0.1, -0.05) is 19.9 Å². The molecule has 0 unspecified atom stereocenters. The molecule has 0 atom stereocenters. The number of hydrogen-bond acceptors (Lipinski definition) is 2. The monoisotopic (exact) mass is 204 g/mol. The molecular formula is C13H20N2. The molecule has 1 aliphatic heterocycles. The van der Waals surface area contributed by atoms with Crippen LogP contribution in [0.4, 0.5) is 11.4 Å². The quantitative estimate of drug-likeness (QED) is 0.713. The van der Waals surface area contributed by atoms with E-state index in [9.17, 15) is 0 Å². The van der Waals surface area contributed by atoms with Gasteiger partial charge in [0.15, 0.2) is 0 Å². The van der Waals surface area contributed by atoms with Crippen molar-refractivity contribution in [3.05, 3.63) is 23.8 Å². The third kappa shape index (κ3) is 2.09. The number of rotatable bonds is 1. The summed E-state index contributed by atoms with van der Waals surface area (Å²) >= 11 is 0. The molecule has 0 aliphatic carbocycles. The third-order valence-corrected chi connectivity index (χ3v) is 3.25. The van der Waals surface area contributed by atoms with Crippen molar-refractivity contribution < 1.29 is 0 Å². The minimum absolute atomic E-state index is 0.442. The fraction of sp³-hybridized carbons (Fsp3) is 0.538. The Bertz CT molecular complexity index is 369. The Labute approximate surface area is 92.1 Å². The van der Waals surface area contributed by atoms with Crippen molar-refractivity contribution in [1.29, 1.82) is 0 Å². The molecule has 82 valence electrons. The zero-order valence-electron chi connectivity index (χ0n) is 9.88. The Morgan fingerprint density at radius 3 is 2.67 bits per heavy atom. The maximum absolute atomic E-state index is 5.84. The fourth-order valence-electron chi connectivity index (χ4n) is 2.29. The van der Waals surface area contributed by atoms with E-state index < -0.39 is 0 Å². The van der Waals surface area contributed by atoms with Gasteiger partial charge < -0.3 is 10.6 Å². The van der Waals surface area contributed by atoms with Crippen molar-refractivity contribution in [2.75, 3.05) is 23.7 Å². The highest BCUT2D eigenvalue weighted by Crippen LogP contribution is 2.34. The van der Waals surface area contributed by atoms with Crippen LogP contribution in [0.15, 0.2) is 18.2 Å². The number of nitrogens with zero attached hydrogens (tertiary/aromatic N) is 1. The van der Waals surface area contributed by atoms with Gasteiger partial charge in [0.1, 0.15) is 0 Å². The number of benzene rings is 1. The lowest BCUT2D eigenvalue weighted by molar-refractivity contribution is 0.418. The fourth-order valence-corrected chi connectivity index (χ4v) is 2.29. The largest absolute Gasteiger partial charge is 0.399 e. The van der Waals surface area contributed by atoms with Gasteiger partial charge in [-0.3, -0.25) is 0 Å². The highest BCUT2D eigenvalue weighted by Gasteiger charge is 2.29. The second kappa shape index (κ2) is 3.44. The molecule has 2 N–H and O–H groups in total. The minimum Gasteiger partial charge on any atom is -0.399 e. The maximum atomic E-state index is 5.84. The van der Waals surface area contributed by atoms with Gasteiger partial charge in [0.2, 0.25) is 0 Å². The summed E-state index contributed by atoms with van der Waals surface area (Å²) in [6.45, 7) is 9.10. The number of nitrogens with two attached hydrogens (primary N) is 1. The zero-order valence-corrected chi connectivity index (χ0v) is 9.88. The van der Waals surface area contributed by atoms with E-state index in [4.69, 9.17) is 5.73 Å². The number of anilines is 2. The van der Waals surface area contributed by atoms with Gasteiger partial charge in [0.05, 0.1) is 0 Å². The molecule has 0 spiro atoms. The molecule has 0 bridgehead atoms. The molecule has 1 aromatic carbocycles. The van der Waals surface area contributed by atoms with Gasteiger partial charge in [-0.25, -0.2) is 0 Å². The van der Waals surface area contributed by atoms with Crippen molar-refractivity contribution >= 4 is 11.4 Å². The molecule has 1 saturated heterocycles. The van der Waals surface area contributed by atoms with Crippen LogP contribution in [0, 0.1) is 12.3 Å². The predicted molar refractivity (Wildman–Crippen MR) is 66.2 cm³/mol. The smallest absolute Gasteiger partial charge is 0.0416 e. The molecule has 1 aliphatic rings. The van der Waals surface area contributed by atoms with Crippen LogP contribution in [-0.4, -0.2) is 13.1 Å². The summed E-state index contributed by atoms with van der Waals surface area (Å²) in [7, 11) is 0. The first-order valence-corrected chi connectivity index (χ1v) is 5.59. The second-order valence-corrected chi connectivity index (χ2v) is 5.38. The first-order valence-electron chi connectivity index (χ1n) is 5.59. The Morgan fingerprint density at radius 1 is 1.33 bits per heavy atom. The SMILES string of the molecule is Cc1ccc(N)cc1N1CCC(C)(C)C1. The van der Waals surface area contributed by atoms with E-state index in [0.717, 1.165) is 18.8 Å². The Hall–Kier alpha value is -1.18. The van der Waals surface area contributed by atoms with Gasteiger partial charge in [0.25, 0.3) is 0 Å². The molecule has 2 rings (SSSR count). The van der Waals surface area contributed by atoms with Crippen LogP contribution in [0.5, 0.6) is 0 Å². The van der Waals surface area contributed by atoms with Crippen LogP contribution in [0.3, 0.4) is 0 Å². The molecule has 2 heteroatoms. The van der Waals surface area contributed by atoms with Gasteiger partial charge in [-0.05, 0) is 36.5 Å². The standard InChI is InChI=1S/C13H20N2/c1-10-4-5-11(14)8-12(10)15-7-6-13(2,3)9-15/h4-5,8H,6-7,9,14H2,1-3H3. The number of aryl methyl sites for hydroxylation is 1. The van der Waals surface area contributed by atoms with Crippen molar-refractivity contribution in [3.63, 3.8) is 0 Å². The molecule has 2 nitrogen and oxygen atoms in total. The van der Waals surface area contributed by atoms with Crippen molar-refractivity contribution in [2.45, 2.75) is 27.2 Å². The van der Waals surface area contributed by atoms with Crippen LogP contribution >= 0.6 is 0 Å². The van der Waals surface area contributed by atoms with Crippen molar-refractivity contribution in [2.24, 2.45) is 5.41 Å². The molecule has 1 aromatic rings. The van der Waals surface area contributed by atoms with Crippen LogP contribution in [0.2, 0.25) is 0 Å². The van der Waals surface area contributed by atoms with Gasteiger partial charge >= 0.3 is 0 Å². The Morgan fingerprint density at radius 2 is 2.07 bits per heavy atom. The highest BCUT2D eigenvalue weighted by atomic mass is 15.2. The van der Waals surface area contributed by atoms with Crippen molar-refractivity contribution in [1.82, 2.24) is 0 Å². The van der Waals surface area contributed by atoms with E-state index >= 15 is 0 Å². The van der Waals surface area contributed by atoms with E-state index in [1.165, 1.54) is 17.7 Å². The summed E-state index contributed by atoms with van der Waals surface area (Å²) in [5, 5.41) is 0. The lowest BCUT2D eigenvalue weighted by Crippen LogP contribution is -2.23. The summed E-state index contributed by atoms with van der Waals surface area (Å²) in [6, 6.07) is 6.17. The Balaban J connectivity index is 2.27. The molecule has 0 saturated carbocycles. The second-order valence-electron chi connectivity index (χ2n) is 5.38. The van der Waals surface area contributed by atoms with Crippen LogP contribution in [0.25, 0.3) is 0 Å². The molecule has 0 amide bonds. The first kappa shape index (κ1) is 10.3. The molecule has 15 heavy (non-hydrogen) atoms. The lowest BCUT2D eigenvalue weighted by Gasteiger charge is -2.23. The molecular weight excluding hydrogens is 184 g/mol. The topological polar surface area (TPSA) is 29.3 Å². The predicted octanol–water partition coefficient (Wildman–Crippen LogP) is 2.81. The summed E-state index contributed by atoms with van der Waals surface area (Å²) < 4.78 is 0. The highest BCUT2D eigenvalue weighted by molar-refractivity contribution is 5.61. The van der Waals surface area contributed by atoms with E-state index in [0.29, 0.717) is 5.41 Å². The summed E-state index contributed by atoms with van der Waals surface area (Å²) in [5.41, 5.74) is 9.77. The first-order chi connectivity index (χ1) is 6.98. The molecule has 1 fully saturated rings. The minimum atomic E-state index is 0.442. The van der Waals surface area contributed by atoms with Crippen molar-refractivity contribution in [3.8, 4) is 0 Å². The zero-order chi connectivity index (χ0) is 11.1. The third-order valence-electron chi connectivity index (χ3n) is 3.25. The van der Waals surface area contributed by atoms with Crippen LogP contribution in [-0.2, 0) is 0 Å².